The van der Waals surface area contributed by atoms with Crippen LogP contribution in [0, 0.1) is 0 Å². The number of hydrogen-bond donors (Lipinski definition) is 0. The van der Waals surface area contributed by atoms with E-state index in [4.69, 9.17) is 23.2 Å². The number of rotatable bonds is 7. The summed E-state index contributed by atoms with van der Waals surface area (Å²) in [5.74, 6) is 1.61. The first-order valence-electron chi connectivity index (χ1n) is 8.27. The summed E-state index contributed by atoms with van der Waals surface area (Å²) < 4.78 is 1.80. The Kier molecular flexibility index (Phi) is 6.72. The summed E-state index contributed by atoms with van der Waals surface area (Å²) in [4.78, 5) is 0. The summed E-state index contributed by atoms with van der Waals surface area (Å²) >= 11 is 13.7. The molecule has 1 aromatic heterocycles. The van der Waals surface area contributed by atoms with Crippen molar-refractivity contribution in [2.24, 2.45) is 5.10 Å². The maximum atomic E-state index is 6.21. The zero-order valence-corrected chi connectivity index (χ0v) is 16.6. The highest BCUT2D eigenvalue weighted by Crippen LogP contribution is 2.23. The van der Waals surface area contributed by atoms with Gasteiger partial charge in [-0.3, -0.25) is 0 Å². The summed E-state index contributed by atoms with van der Waals surface area (Å²) in [7, 11) is 0. The number of aromatic nitrogens is 3. The van der Waals surface area contributed by atoms with Crippen LogP contribution in [0.3, 0.4) is 0 Å². The number of aryl methyl sites for hydroxylation is 1. The second-order valence-corrected chi connectivity index (χ2v) is 7.43. The summed E-state index contributed by atoms with van der Waals surface area (Å²) in [6.07, 6.45) is 3.53. The highest BCUT2D eigenvalue weighted by Gasteiger charge is 2.12. The van der Waals surface area contributed by atoms with Gasteiger partial charge in [0.05, 0.1) is 6.21 Å². The average molecular weight is 405 g/mol. The van der Waals surface area contributed by atoms with Crippen molar-refractivity contribution >= 4 is 41.2 Å². The topological polar surface area (TPSA) is 43.1 Å². The molecule has 2 aromatic carbocycles. The molecule has 3 aromatic rings. The molecule has 0 aliphatic rings. The third kappa shape index (κ3) is 4.87. The van der Waals surface area contributed by atoms with E-state index in [1.165, 1.54) is 5.56 Å². The van der Waals surface area contributed by atoms with E-state index in [0.717, 1.165) is 40.2 Å². The van der Waals surface area contributed by atoms with Crippen molar-refractivity contribution < 1.29 is 0 Å². The van der Waals surface area contributed by atoms with Crippen LogP contribution in [0.5, 0.6) is 0 Å². The van der Waals surface area contributed by atoms with Gasteiger partial charge >= 0.3 is 0 Å². The molecule has 0 fully saturated rings. The van der Waals surface area contributed by atoms with Crippen LogP contribution in [0.1, 0.15) is 30.3 Å². The number of hydrogen-bond acceptors (Lipinski definition) is 4. The van der Waals surface area contributed by atoms with Gasteiger partial charge in [0, 0.05) is 27.8 Å². The Morgan fingerprint density at radius 2 is 1.85 bits per heavy atom. The van der Waals surface area contributed by atoms with Crippen LogP contribution in [0.25, 0.3) is 0 Å². The fourth-order valence-corrected chi connectivity index (χ4v) is 3.48. The van der Waals surface area contributed by atoms with Gasteiger partial charge in [-0.15, -0.1) is 10.2 Å². The fraction of sp³-hybridized carbons (Fsp3) is 0.211. The largest absolute Gasteiger partial charge is 0.212 e. The molecule has 0 atom stereocenters. The van der Waals surface area contributed by atoms with Gasteiger partial charge in [-0.25, -0.2) is 0 Å². The Morgan fingerprint density at radius 1 is 1.08 bits per heavy atom. The molecule has 0 saturated heterocycles. The Labute approximate surface area is 167 Å². The van der Waals surface area contributed by atoms with Crippen LogP contribution >= 0.6 is 35.0 Å². The first kappa shape index (κ1) is 19.0. The third-order valence-corrected chi connectivity index (χ3v) is 5.24. The minimum atomic E-state index is 0.664. The van der Waals surface area contributed by atoms with Crippen molar-refractivity contribution in [2.75, 3.05) is 0 Å². The van der Waals surface area contributed by atoms with E-state index in [9.17, 15) is 0 Å². The van der Waals surface area contributed by atoms with Crippen molar-refractivity contribution in [1.29, 1.82) is 0 Å². The molecule has 0 bridgehead atoms. The number of benzene rings is 2. The highest BCUT2D eigenvalue weighted by atomic mass is 35.5. The zero-order chi connectivity index (χ0) is 18.4. The summed E-state index contributed by atoms with van der Waals surface area (Å²) in [5, 5.41) is 15.3. The molecule has 1 heterocycles. The standard InChI is InChI=1S/C19H18Cl2N4S/c1-2-5-18-23-24-19(26-13-14-8-10-16(20)11-9-14)25(18)22-12-15-6-3-4-7-17(15)21/h3-4,6-12H,2,5,13H2,1H3/b22-12-. The fourth-order valence-electron chi connectivity index (χ4n) is 2.31. The van der Waals surface area contributed by atoms with Crippen molar-refractivity contribution in [3.05, 3.63) is 75.5 Å². The lowest BCUT2D eigenvalue weighted by Crippen LogP contribution is -2.00. The van der Waals surface area contributed by atoms with Gasteiger partial charge < -0.3 is 0 Å². The monoisotopic (exact) mass is 404 g/mol. The average Bonchev–Trinajstić information content (AvgIpc) is 3.03. The Hall–Kier alpha value is -1.82. The van der Waals surface area contributed by atoms with E-state index in [1.807, 2.05) is 48.5 Å². The van der Waals surface area contributed by atoms with Crippen LogP contribution in [0.2, 0.25) is 10.0 Å². The van der Waals surface area contributed by atoms with Crippen molar-refractivity contribution in [2.45, 2.75) is 30.7 Å². The van der Waals surface area contributed by atoms with E-state index < -0.39 is 0 Å². The van der Waals surface area contributed by atoms with Gasteiger partial charge in [-0.05, 0) is 30.2 Å². The Bertz CT molecular complexity index is 891. The number of nitrogens with zero attached hydrogens (tertiary/aromatic N) is 4. The molecule has 0 aliphatic heterocycles. The molecule has 3 rings (SSSR count). The van der Waals surface area contributed by atoms with Gasteiger partial charge in [0.15, 0.2) is 5.82 Å². The molecule has 7 heteroatoms. The van der Waals surface area contributed by atoms with Gasteiger partial charge in [0.25, 0.3) is 0 Å². The minimum Gasteiger partial charge on any atom is -0.191 e. The van der Waals surface area contributed by atoms with Crippen LogP contribution < -0.4 is 0 Å². The molecule has 0 saturated carbocycles. The molecule has 0 unspecified atom stereocenters. The quantitative estimate of drug-likeness (QED) is 0.373. The maximum absolute atomic E-state index is 6.21. The van der Waals surface area contributed by atoms with Crippen molar-refractivity contribution in [1.82, 2.24) is 14.9 Å². The van der Waals surface area contributed by atoms with E-state index in [-0.39, 0.29) is 0 Å². The number of halogens is 2. The molecular formula is C19H18Cl2N4S. The van der Waals surface area contributed by atoms with E-state index in [1.54, 1.807) is 22.7 Å². The molecule has 134 valence electrons. The van der Waals surface area contributed by atoms with Crippen molar-refractivity contribution in [3.8, 4) is 0 Å². The molecule has 4 nitrogen and oxygen atoms in total. The Morgan fingerprint density at radius 3 is 2.58 bits per heavy atom. The van der Waals surface area contributed by atoms with Gasteiger partial charge in [-0.2, -0.15) is 9.78 Å². The van der Waals surface area contributed by atoms with E-state index in [2.05, 4.69) is 22.2 Å². The molecule has 0 radical (unpaired) electrons. The van der Waals surface area contributed by atoms with Crippen LogP contribution in [-0.4, -0.2) is 21.1 Å². The van der Waals surface area contributed by atoms with E-state index in [0.29, 0.717) is 5.02 Å². The SMILES string of the molecule is CCCc1nnc(SCc2ccc(Cl)cc2)n1/N=C\c1ccccc1Cl. The normalized spacial score (nSPS) is 11.3. The van der Waals surface area contributed by atoms with E-state index >= 15 is 0 Å². The zero-order valence-electron chi connectivity index (χ0n) is 14.3. The van der Waals surface area contributed by atoms with Gasteiger partial charge in [-0.1, -0.05) is 72.2 Å². The van der Waals surface area contributed by atoms with Crippen LogP contribution in [0.4, 0.5) is 0 Å². The van der Waals surface area contributed by atoms with Gasteiger partial charge in [0.2, 0.25) is 5.16 Å². The smallest absolute Gasteiger partial charge is 0.191 e. The predicted octanol–water partition coefficient (Wildman–Crippen LogP) is 5.71. The first-order chi connectivity index (χ1) is 12.7. The summed E-state index contributed by atoms with van der Waals surface area (Å²) in [6.45, 7) is 2.11. The molecular weight excluding hydrogens is 387 g/mol. The lowest BCUT2D eigenvalue weighted by molar-refractivity contribution is 0.700. The second kappa shape index (κ2) is 9.21. The van der Waals surface area contributed by atoms with Crippen LogP contribution in [0.15, 0.2) is 58.8 Å². The molecule has 26 heavy (non-hydrogen) atoms. The number of thioether (sulfide) groups is 1. The predicted molar refractivity (Wildman–Crippen MR) is 109 cm³/mol. The lowest BCUT2D eigenvalue weighted by Gasteiger charge is -2.05. The molecule has 0 aliphatic carbocycles. The summed E-state index contributed by atoms with van der Waals surface area (Å²) in [5.41, 5.74) is 2.03. The second-order valence-electron chi connectivity index (χ2n) is 5.64. The molecule has 0 amide bonds. The lowest BCUT2D eigenvalue weighted by atomic mass is 10.2. The van der Waals surface area contributed by atoms with Crippen molar-refractivity contribution in [3.63, 3.8) is 0 Å². The Balaban J connectivity index is 1.81. The molecule has 0 N–H and O–H groups in total. The van der Waals surface area contributed by atoms with Gasteiger partial charge in [0.1, 0.15) is 0 Å². The maximum Gasteiger partial charge on any atom is 0.212 e. The third-order valence-electron chi connectivity index (χ3n) is 3.65. The highest BCUT2D eigenvalue weighted by molar-refractivity contribution is 7.98. The summed E-state index contributed by atoms with van der Waals surface area (Å²) in [6, 6.07) is 15.4. The molecule has 0 spiro atoms. The first-order valence-corrected chi connectivity index (χ1v) is 10.0. The van der Waals surface area contributed by atoms with Crippen LogP contribution in [-0.2, 0) is 12.2 Å². The minimum absolute atomic E-state index is 0.664.